The van der Waals surface area contributed by atoms with Gasteiger partial charge in [-0.05, 0) is 43.6 Å². The largest absolute Gasteiger partial charge is 0.381 e. The third-order valence-corrected chi connectivity index (χ3v) is 5.36. The summed E-state index contributed by atoms with van der Waals surface area (Å²) in [6.07, 6.45) is 8.00. The molecular formula is C20H30N2O2. The molecule has 1 aromatic carbocycles. The van der Waals surface area contributed by atoms with Crippen LogP contribution in [0.3, 0.4) is 0 Å². The summed E-state index contributed by atoms with van der Waals surface area (Å²) in [5.74, 6) is 0.767. The van der Waals surface area contributed by atoms with Crippen LogP contribution < -0.4 is 10.6 Å². The second-order valence-corrected chi connectivity index (χ2v) is 7.18. The molecule has 1 heterocycles. The first-order valence-electron chi connectivity index (χ1n) is 9.45. The Kier molecular flexibility index (Phi) is 6.67. The molecule has 0 spiro atoms. The van der Waals surface area contributed by atoms with Crippen LogP contribution in [0, 0.1) is 5.92 Å². The second-order valence-electron chi connectivity index (χ2n) is 7.18. The first kappa shape index (κ1) is 17.4. The molecule has 1 amide bonds. The highest BCUT2D eigenvalue weighted by atomic mass is 16.5. The van der Waals surface area contributed by atoms with E-state index in [0.717, 1.165) is 32.5 Å². The van der Waals surface area contributed by atoms with Gasteiger partial charge >= 0.3 is 0 Å². The lowest BCUT2D eigenvalue weighted by Gasteiger charge is -2.32. The average Bonchev–Trinajstić information content (AvgIpc) is 2.63. The fraction of sp³-hybridized carbons (Fsp3) is 0.650. The minimum absolute atomic E-state index is 0.130. The Balaban J connectivity index is 1.45. The molecule has 0 bridgehead atoms. The smallest absolute Gasteiger partial charge is 0.234 e. The van der Waals surface area contributed by atoms with Crippen LogP contribution >= 0.6 is 0 Å². The third kappa shape index (κ3) is 5.32. The number of benzene rings is 1. The molecule has 4 heteroatoms. The van der Waals surface area contributed by atoms with E-state index in [2.05, 4.69) is 41.0 Å². The summed E-state index contributed by atoms with van der Waals surface area (Å²) >= 11 is 0. The Morgan fingerprint density at radius 2 is 1.79 bits per heavy atom. The van der Waals surface area contributed by atoms with Crippen LogP contribution in [0.1, 0.15) is 44.1 Å². The van der Waals surface area contributed by atoms with Crippen molar-refractivity contribution in [3.63, 3.8) is 0 Å². The summed E-state index contributed by atoms with van der Waals surface area (Å²) in [5, 5.41) is 6.68. The topological polar surface area (TPSA) is 50.4 Å². The van der Waals surface area contributed by atoms with Crippen LogP contribution in [-0.2, 0) is 16.0 Å². The van der Waals surface area contributed by atoms with Gasteiger partial charge in [0.15, 0.2) is 0 Å². The number of ether oxygens (including phenoxy) is 1. The van der Waals surface area contributed by atoms with Gasteiger partial charge < -0.3 is 15.4 Å². The lowest BCUT2D eigenvalue weighted by molar-refractivity contribution is -0.121. The van der Waals surface area contributed by atoms with Gasteiger partial charge in [-0.1, -0.05) is 43.2 Å². The maximum Gasteiger partial charge on any atom is 0.234 e. The molecule has 1 aromatic rings. The SMILES string of the molecule is O=C(CNC1CCCCC1Cc1ccccc1)NC1CCOCC1. The highest BCUT2D eigenvalue weighted by Crippen LogP contribution is 2.27. The van der Waals surface area contributed by atoms with E-state index in [4.69, 9.17) is 4.74 Å². The van der Waals surface area contributed by atoms with Crippen LogP contribution in [0.2, 0.25) is 0 Å². The van der Waals surface area contributed by atoms with Crippen molar-refractivity contribution >= 4 is 5.91 Å². The van der Waals surface area contributed by atoms with Crippen molar-refractivity contribution < 1.29 is 9.53 Å². The molecular weight excluding hydrogens is 300 g/mol. The lowest BCUT2D eigenvalue weighted by atomic mass is 9.80. The maximum atomic E-state index is 12.2. The first-order chi connectivity index (χ1) is 11.8. The van der Waals surface area contributed by atoms with Crippen LogP contribution in [0.15, 0.2) is 30.3 Å². The molecule has 2 atom stereocenters. The zero-order valence-electron chi connectivity index (χ0n) is 14.5. The Morgan fingerprint density at radius 3 is 2.58 bits per heavy atom. The predicted molar refractivity (Wildman–Crippen MR) is 95.9 cm³/mol. The molecule has 1 aliphatic carbocycles. The number of nitrogens with one attached hydrogen (secondary N) is 2. The average molecular weight is 330 g/mol. The summed E-state index contributed by atoms with van der Waals surface area (Å²) in [6, 6.07) is 11.5. The van der Waals surface area contributed by atoms with Crippen LogP contribution in [0.4, 0.5) is 0 Å². The zero-order valence-corrected chi connectivity index (χ0v) is 14.5. The summed E-state index contributed by atoms with van der Waals surface area (Å²) in [7, 11) is 0. The Labute approximate surface area is 145 Å². The van der Waals surface area contributed by atoms with Gasteiger partial charge in [0.05, 0.1) is 6.54 Å². The molecule has 2 unspecified atom stereocenters. The molecule has 1 saturated carbocycles. The molecule has 2 aliphatic rings. The standard InChI is InChI=1S/C20H30N2O2/c23-20(22-18-10-12-24-13-11-18)15-21-19-9-5-4-8-17(19)14-16-6-2-1-3-7-16/h1-3,6-7,17-19,21H,4-5,8-15H2,(H,22,23). The number of rotatable bonds is 6. The second kappa shape index (κ2) is 9.19. The van der Waals surface area contributed by atoms with E-state index in [0.29, 0.717) is 24.5 Å². The number of carbonyl (C=O) groups excluding carboxylic acids is 1. The van der Waals surface area contributed by atoms with E-state index in [1.54, 1.807) is 0 Å². The number of hydrogen-bond donors (Lipinski definition) is 2. The molecule has 132 valence electrons. The van der Waals surface area contributed by atoms with E-state index in [-0.39, 0.29) is 5.91 Å². The summed E-state index contributed by atoms with van der Waals surface area (Å²) < 4.78 is 5.34. The van der Waals surface area contributed by atoms with E-state index < -0.39 is 0 Å². The minimum Gasteiger partial charge on any atom is -0.381 e. The van der Waals surface area contributed by atoms with Crippen LogP contribution in [0.25, 0.3) is 0 Å². The van der Waals surface area contributed by atoms with E-state index in [1.807, 2.05) is 0 Å². The van der Waals surface area contributed by atoms with Crippen molar-refractivity contribution in [1.29, 1.82) is 0 Å². The lowest BCUT2D eigenvalue weighted by Crippen LogP contribution is -2.47. The number of amides is 1. The fourth-order valence-corrected chi connectivity index (χ4v) is 3.98. The van der Waals surface area contributed by atoms with Crippen molar-refractivity contribution in [1.82, 2.24) is 10.6 Å². The van der Waals surface area contributed by atoms with Crippen LogP contribution in [0.5, 0.6) is 0 Å². The summed E-state index contributed by atoms with van der Waals surface area (Å²) in [6.45, 7) is 1.97. The summed E-state index contributed by atoms with van der Waals surface area (Å²) in [4.78, 5) is 12.2. The molecule has 4 nitrogen and oxygen atoms in total. The quantitative estimate of drug-likeness (QED) is 0.843. The molecule has 1 saturated heterocycles. The van der Waals surface area contributed by atoms with Crippen molar-refractivity contribution in [2.45, 2.75) is 57.0 Å². The highest BCUT2D eigenvalue weighted by molar-refractivity contribution is 5.78. The highest BCUT2D eigenvalue weighted by Gasteiger charge is 2.25. The van der Waals surface area contributed by atoms with E-state index in [1.165, 1.54) is 31.2 Å². The maximum absolute atomic E-state index is 12.2. The van der Waals surface area contributed by atoms with Gasteiger partial charge in [0.1, 0.15) is 0 Å². The van der Waals surface area contributed by atoms with E-state index >= 15 is 0 Å². The van der Waals surface area contributed by atoms with Crippen molar-refractivity contribution in [2.24, 2.45) is 5.92 Å². The van der Waals surface area contributed by atoms with Crippen molar-refractivity contribution in [2.75, 3.05) is 19.8 Å². The Morgan fingerprint density at radius 1 is 1.04 bits per heavy atom. The van der Waals surface area contributed by atoms with Crippen molar-refractivity contribution in [3.8, 4) is 0 Å². The van der Waals surface area contributed by atoms with Gasteiger partial charge in [-0.15, -0.1) is 0 Å². The molecule has 24 heavy (non-hydrogen) atoms. The normalized spacial score (nSPS) is 25.3. The number of hydrogen-bond acceptors (Lipinski definition) is 3. The first-order valence-corrected chi connectivity index (χ1v) is 9.45. The van der Waals surface area contributed by atoms with E-state index in [9.17, 15) is 4.79 Å². The Bertz CT molecular complexity index is 500. The summed E-state index contributed by atoms with van der Waals surface area (Å²) in [5.41, 5.74) is 1.41. The molecule has 2 fully saturated rings. The number of carbonyl (C=O) groups is 1. The molecule has 3 rings (SSSR count). The fourth-order valence-electron chi connectivity index (χ4n) is 3.98. The molecule has 0 aromatic heterocycles. The minimum atomic E-state index is 0.130. The monoisotopic (exact) mass is 330 g/mol. The molecule has 0 radical (unpaired) electrons. The van der Waals surface area contributed by atoms with Crippen molar-refractivity contribution in [3.05, 3.63) is 35.9 Å². The van der Waals surface area contributed by atoms with Crippen LogP contribution in [-0.4, -0.2) is 37.7 Å². The predicted octanol–water partition coefficient (Wildman–Crippen LogP) is 2.67. The third-order valence-electron chi connectivity index (χ3n) is 5.36. The zero-order chi connectivity index (χ0) is 16.6. The van der Waals surface area contributed by atoms with Gasteiger partial charge in [-0.3, -0.25) is 4.79 Å². The van der Waals surface area contributed by atoms with Gasteiger partial charge in [0, 0.05) is 25.3 Å². The molecule has 1 aliphatic heterocycles. The Hall–Kier alpha value is -1.39. The van der Waals surface area contributed by atoms with Gasteiger partial charge in [0.25, 0.3) is 0 Å². The van der Waals surface area contributed by atoms with Gasteiger partial charge in [-0.2, -0.15) is 0 Å². The van der Waals surface area contributed by atoms with Gasteiger partial charge in [-0.25, -0.2) is 0 Å². The van der Waals surface area contributed by atoms with Gasteiger partial charge in [0.2, 0.25) is 5.91 Å². The molecule has 2 N–H and O–H groups in total.